The lowest BCUT2D eigenvalue weighted by atomic mass is 9.72. The van der Waals surface area contributed by atoms with Gasteiger partial charge in [0.05, 0.1) is 12.2 Å². The number of carbonyl (C=O) groups excluding carboxylic acids is 1. The Balaban J connectivity index is 1.22. The van der Waals surface area contributed by atoms with Gasteiger partial charge in [0.15, 0.2) is 0 Å². The summed E-state index contributed by atoms with van der Waals surface area (Å²) in [5.41, 5.74) is 5.94. The second-order valence-corrected chi connectivity index (χ2v) is 11.6. The normalized spacial score (nSPS) is 39.9. The number of nitrogens with one attached hydrogen (secondary N) is 1. The minimum Gasteiger partial charge on any atom is -0.390 e. The van der Waals surface area contributed by atoms with Crippen LogP contribution in [0.2, 0.25) is 0 Å². The van der Waals surface area contributed by atoms with E-state index in [1.54, 1.807) is 0 Å². The van der Waals surface area contributed by atoms with Gasteiger partial charge in [-0.25, -0.2) is 0 Å². The number of likely N-dealkylation sites (tertiary alicyclic amines) is 1. The summed E-state index contributed by atoms with van der Waals surface area (Å²) >= 11 is 0. The quantitative estimate of drug-likeness (QED) is 0.383. The lowest BCUT2D eigenvalue weighted by Gasteiger charge is -2.41. The molecule has 0 spiro atoms. The van der Waals surface area contributed by atoms with Gasteiger partial charge in [-0.3, -0.25) is 10.1 Å². The van der Waals surface area contributed by atoms with Crippen LogP contribution in [0.15, 0.2) is 0 Å². The zero-order valence-electron chi connectivity index (χ0n) is 20.3. The van der Waals surface area contributed by atoms with E-state index in [0.717, 1.165) is 70.0 Å². The monoisotopic (exact) mass is 465 g/mol. The number of nitrogens with zero attached hydrogens (tertiary/aromatic N) is 1. The summed E-state index contributed by atoms with van der Waals surface area (Å²) in [5, 5.41) is 33.7. The van der Waals surface area contributed by atoms with E-state index in [9.17, 15) is 20.1 Å². The van der Waals surface area contributed by atoms with E-state index in [4.69, 9.17) is 5.73 Å². The van der Waals surface area contributed by atoms with Crippen LogP contribution in [-0.2, 0) is 4.79 Å². The first-order valence-electron chi connectivity index (χ1n) is 13.7. The van der Waals surface area contributed by atoms with Crippen LogP contribution in [0.4, 0.5) is 0 Å². The molecule has 33 heavy (non-hydrogen) atoms. The maximum absolute atomic E-state index is 13.3. The van der Waals surface area contributed by atoms with Crippen molar-refractivity contribution < 1.29 is 20.1 Å². The number of carbonyl (C=O) groups is 1. The molecule has 1 amide bonds. The van der Waals surface area contributed by atoms with Crippen molar-refractivity contribution in [3.05, 3.63) is 0 Å². The Morgan fingerprint density at radius 3 is 2.36 bits per heavy atom. The number of nitrogens with two attached hydrogens (primary N) is 1. The van der Waals surface area contributed by atoms with Gasteiger partial charge in [0, 0.05) is 31.0 Å². The Bertz CT molecular complexity index is 627. The van der Waals surface area contributed by atoms with Crippen molar-refractivity contribution in [1.82, 2.24) is 10.2 Å². The van der Waals surface area contributed by atoms with Crippen LogP contribution in [0.25, 0.3) is 0 Å². The van der Waals surface area contributed by atoms with E-state index >= 15 is 0 Å². The number of aliphatic hydroxyl groups excluding tert-OH is 3. The minimum atomic E-state index is -0.751. The molecule has 8 atom stereocenters. The molecule has 7 heteroatoms. The first-order chi connectivity index (χ1) is 15.9. The van der Waals surface area contributed by atoms with E-state index in [2.05, 4.69) is 10.2 Å². The molecule has 8 unspecified atom stereocenters. The zero-order chi connectivity index (χ0) is 23.4. The number of hydrogen-bond donors (Lipinski definition) is 5. The summed E-state index contributed by atoms with van der Waals surface area (Å²) in [4.78, 5) is 15.4. The Labute approximate surface area is 199 Å². The molecule has 0 aromatic carbocycles. The van der Waals surface area contributed by atoms with Gasteiger partial charge in [-0.2, -0.15) is 0 Å². The summed E-state index contributed by atoms with van der Waals surface area (Å²) in [6.07, 6.45) is 10.8. The van der Waals surface area contributed by atoms with E-state index in [1.165, 1.54) is 25.7 Å². The largest absolute Gasteiger partial charge is 0.390 e. The molecule has 6 N–H and O–H groups in total. The molecule has 1 saturated heterocycles. The van der Waals surface area contributed by atoms with Crippen molar-refractivity contribution in [2.75, 3.05) is 19.6 Å². The third kappa shape index (κ3) is 6.49. The second-order valence-electron chi connectivity index (χ2n) is 11.6. The van der Waals surface area contributed by atoms with Crippen LogP contribution in [0, 0.1) is 29.6 Å². The average Bonchev–Trinajstić information content (AvgIpc) is 2.85. The predicted molar refractivity (Wildman–Crippen MR) is 128 cm³/mol. The van der Waals surface area contributed by atoms with Crippen molar-refractivity contribution in [3.8, 4) is 0 Å². The molecule has 1 heterocycles. The van der Waals surface area contributed by atoms with Crippen molar-refractivity contribution in [2.45, 2.75) is 108 Å². The molecule has 0 radical (unpaired) electrons. The Morgan fingerprint density at radius 2 is 1.64 bits per heavy atom. The lowest BCUT2D eigenvalue weighted by molar-refractivity contribution is -0.138. The maximum Gasteiger partial charge on any atom is 0.225 e. The predicted octanol–water partition coefficient (Wildman–Crippen LogP) is 1.98. The number of amides is 1. The number of piperidine rings is 1. The molecule has 0 bridgehead atoms. The van der Waals surface area contributed by atoms with E-state index < -0.39 is 18.4 Å². The highest BCUT2D eigenvalue weighted by atomic mass is 16.3. The molecule has 190 valence electrons. The molecule has 1 aliphatic heterocycles. The summed E-state index contributed by atoms with van der Waals surface area (Å²) in [5.74, 6) is 2.58. The van der Waals surface area contributed by atoms with Crippen molar-refractivity contribution in [3.63, 3.8) is 0 Å². The summed E-state index contributed by atoms with van der Waals surface area (Å²) in [6.45, 7) is 2.61. The van der Waals surface area contributed by atoms with Crippen LogP contribution in [0.1, 0.15) is 83.5 Å². The Hall–Kier alpha value is -0.730. The molecule has 0 aromatic rings. The van der Waals surface area contributed by atoms with Gasteiger partial charge in [0.1, 0.15) is 6.23 Å². The standard InChI is InChI=1S/C26H47N3O4/c27-16-17-3-1-4-19(13-17)18-9-11-29(12-10-18)26(33)21-5-2-6-22(14-21)28-25(32)20-7-8-23(30)24(31)15-20/h17-25,28,30-32H,1-16,27H2. The van der Waals surface area contributed by atoms with Gasteiger partial charge in [-0.15, -0.1) is 0 Å². The van der Waals surface area contributed by atoms with Gasteiger partial charge in [0.25, 0.3) is 0 Å². The third-order valence-corrected chi connectivity index (χ3v) is 9.37. The van der Waals surface area contributed by atoms with E-state index in [-0.39, 0.29) is 17.9 Å². The lowest BCUT2D eigenvalue weighted by Crippen LogP contribution is -2.50. The smallest absolute Gasteiger partial charge is 0.225 e. The fourth-order valence-electron chi connectivity index (χ4n) is 7.22. The summed E-state index contributed by atoms with van der Waals surface area (Å²) in [7, 11) is 0. The fraction of sp³-hybridized carbons (Fsp3) is 0.962. The van der Waals surface area contributed by atoms with Gasteiger partial charge < -0.3 is 26.0 Å². The SMILES string of the molecule is NCC1CCCC(C2CCN(C(=O)C3CCCC(NC(O)C4CCC(O)C(O)C4)C3)CC2)C1. The number of hydrogen-bond acceptors (Lipinski definition) is 6. The first-order valence-corrected chi connectivity index (χ1v) is 13.7. The van der Waals surface area contributed by atoms with Crippen LogP contribution < -0.4 is 11.1 Å². The Morgan fingerprint density at radius 1 is 0.879 bits per heavy atom. The zero-order valence-corrected chi connectivity index (χ0v) is 20.3. The highest BCUT2D eigenvalue weighted by Gasteiger charge is 2.37. The van der Waals surface area contributed by atoms with Crippen LogP contribution in [0.3, 0.4) is 0 Å². The van der Waals surface area contributed by atoms with Gasteiger partial charge >= 0.3 is 0 Å². The third-order valence-electron chi connectivity index (χ3n) is 9.37. The fourth-order valence-corrected chi connectivity index (χ4v) is 7.22. The molecule has 3 saturated carbocycles. The molecule has 4 fully saturated rings. The average molecular weight is 466 g/mol. The highest BCUT2D eigenvalue weighted by Crippen LogP contribution is 2.38. The topological polar surface area (TPSA) is 119 Å². The molecular weight excluding hydrogens is 418 g/mol. The van der Waals surface area contributed by atoms with E-state index in [1.807, 2.05) is 0 Å². The summed E-state index contributed by atoms with van der Waals surface area (Å²) < 4.78 is 0. The Kier molecular flexibility index (Phi) is 9.07. The van der Waals surface area contributed by atoms with Crippen molar-refractivity contribution in [1.29, 1.82) is 0 Å². The second kappa shape index (κ2) is 11.8. The number of aliphatic hydroxyl groups is 3. The van der Waals surface area contributed by atoms with E-state index in [0.29, 0.717) is 31.1 Å². The van der Waals surface area contributed by atoms with Gasteiger partial charge in [-0.1, -0.05) is 19.3 Å². The van der Waals surface area contributed by atoms with Crippen molar-refractivity contribution in [2.24, 2.45) is 35.3 Å². The summed E-state index contributed by atoms with van der Waals surface area (Å²) in [6, 6.07) is 0.139. The van der Waals surface area contributed by atoms with Crippen molar-refractivity contribution >= 4 is 5.91 Å². The molecule has 7 nitrogen and oxygen atoms in total. The molecular formula is C26H47N3O4. The van der Waals surface area contributed by atoms with Crippen LogP contribution >= 0.6 is 0 Å². The van der Waals surface area contributed by atoms with Gasteiger partial charge in [0.2, 0.25) is 5.91 Å². The highest BCUT2D eigenvalue weighted by molar-refractivity contribution is 5.79. The first kappa shape index (κ1) is 25.4. The molecule has 0 aromatic heterocycles. The number of rotatable bonds is 6. The molecule has 4 aliphatic rings. The molecule has 3 aliphatic carbocycles. The minimum absolute atomic E-state index is 0.0443. The molecule has 4 rings (SSSR count). The van der Waals surface area contributed by atoms with Crippen LogP contribution in [0.5, 0.6) is 0 Å². The van der Waals surface area contributed by atoms with Crippen LogP contribution in [-0.4, -0.2) is 70.2 Å². The maximum atomic E-state index is 13.3. The van der Waals surface area contributed by atoms with Gasteiger partial charge in [-0.05, 0) is 88.5 Å².